The molecule has 1 fully saturated rings. The van der Waals surface area contributed by atoms with E-state index in [9.17, 15) is 4.79 Å². The van der Waals surface area contributed by atoms with Crippen LogP contribution in [0, 0.1) is 5.41 Å². The number of aromatic nitrogens is 2. The predicted octanol–water partition coefficient (Wildman–Crippen LogP) is 3.92. The van der Waals surface area contributed by atoms with E-state index in [0.29, 0.717) is 31.5 Å². The van der Waals surface area contributed by atoms with Gasteiger partial charge in [0.1, 0.15) is 6.61 Å². The minimum Gasteiger partial charge on any atom is -0.473 e. The Balaban J connectivity index is 1.53. The van der Waals surface area contributed by atoms with Gasteiger partial charge < -0.3 is 14.5 Å². The number of amides is 1. The number of hydrogen-bond donors (Lipinski definition) is 0. The van der Waals surface area contributed by atoms with Gasteiger partial charge in [0.2, 0.25) is 17.7 Å². The summed E-state index contributed by atoms with van der Waals surface area (Å²) in [6.07, 6.45) is 7.00. The van der Waals surface area contributed by atoms with E-state index in [2.05, 4.69) is 16.9 Å². The van der Waals surface area contributed by atoms with Crippen molar-refractivity contribution in [2.24, 2.45) is 5.41 Å². The van der Waals surface area contributed by atoms with E-state index in [1.807, 2.05) is 54.2 Å². The molecule has 3 rings (SSSR count). The third-order valence-electron chi connectivity index (χ3n) is 6.00. The Morgan fingerprint density at radius 2 is 1.83 bits per heavy atom. The van der Waals surface area contributed by atoms with Crippen LogP contribution >= 0.6 is 0 Å². The van der Waals surface area contributed by atoms with Crippen LogP contribution in [0.1, 0.15) is 44.6 Å². The van der Waals surface area contributed by atoms with Crippen molar-refractivity contribution in [2.45, 2.75) is 45.6 Å². The summed E-state index contributed by atoms with van der Waals surface area (Å²) in [5.74, 6) is 1.43. The molecule has 1 aliphatic rings. The molecule has 0 N–H and O–H groups in total. The van der Waals surface area contributed by atoms with Crippen molar-refractivity contribution in [3.05, 3.63) is 48.2 Å². The quantitative estimate of drug-likeness (QED) is 0.643. The molecule has 6 heteroatoms. The van der Waals surface area contributed by atoms with E-state index in [-0.39, 0.29) is 11.3 Å². The van der Waals surface area contributed by atoms with Crippen LogP contribution in [0.3, 0.4) is 0 Å². The summed E-state index contributed by atoms with van der Waals surface area (Å²) in [5, 5.41) is 0. The van der Waals surface area contributed by atoms with E-state index in [4.69, 9.17) is 4.74 Å². The number of anilines is 1. The molecule has 1 aliphatic carbocycles. The van der Waals surface area contributed by atoms with Crippen LogP contribution in [0.5, 0.6) is 5.88 Å². The zero-order chi connectivity index (χ0) is 20.7. The fourth-order valence-corrected chi connectivity index (χ4v) is 4.01. The molecule has 0 saturated heterocycles. The largest absolute Gasteiger partial charge is 0.473 e. The van der Waals surface area contributed by atoms with E-state index in [1.54, 1.807) is 12.3 Å². The maximum Gasteiger partial charge on any atom is 0.228 e. The Labute approximate surface area is 173 Å². The van der Waals surface area contributed by atoms with Crippen molar-refractivity contribution in [3.63, 3.8) is 0 Å². The maximum absolute atomic E-state index is 13.0. The molecule has 1 amide bonds. The van der Waals surface area contributed by atoms with Crippen LogP contribution in [0.4, 0.5) is 5.95 Å². The van der Waals surface area contributed by atoms with Crippen LogP contribution in [0.25, 0.3) is 0 Å². The zero-order valence-electron chi connectivity index (χ0n) is 17.8. The number of hydrogen-bond acceptors (Lipinski definition) is 5. The van der Waals surface area contributed by atoms with Gasteiger partial charge in [0.05, 0.1) is 0 Å². The van der Waals surface area contributed by atoms with E-state index < -0.39 is 0 Å². The second-order valence-corrected chi connectivity index (χ2v) is 7.96. The first kappa shape index (κ1) is 21.1. The van der Waals surface area contributed by atoms with Gasteiger partial charge in [-0.15, -0.1) is 0 Å². The van der Waals surface area contributed by atoms with Gasteiger partial charge in [-0.2, -0.15) is 4.98 Å². The highest BCUT2D eigenvalue weighted by Crippen LogP contribution is 2.42. The number of nitrogens with zero attached hydrogens (tertiary/aromatic N) is 4. The number of rotatable bonds is 9. The van der Waals surface area contributed by atoms with Gasteiger partial charge in [0.25, 0.3) is 0 Å². The molecule has 1 saturated carbocycles. The smallest absolute Gasteiger partial charge is 0.228 e. The maximum atomic E-state index is 13.0. The van der Waals surface area contributed by atoms with Gasteiger partial charge in [-0.25, -0.2) is 4.98 Å². The fourth-order valence-electron chi connectivity index (χ4n) is 4.01. The van der Waals surface area contributed by atoms with Crippen molar-refractivity contribution in [1.29, 1.82) is 0 Å². The Bertz CT molecular complexity index is 790. The van der Waals surface area contributed by atoms with Crippen molar-refractivity contribution in [3.8, 4) is 5.88 Å². The number of likely N-dealkylation sites (N-methyl/N-ethyl adjacent to an activating group) is 2. The predicted molar refractivity (Wildman–Crippen MR) is 115 cm³/mol. The van der Waals surface area contributed by atoms with Gasteiger partial charge >= 0.3 is 0 Å². The molecular weight excluding hydrogens is 364 g/mol. The SMILES string of the molecule is CCC1(C(=O)N(C)CCN(C)c2nccc(OCc3ccccc3)n2)CCCC1. The lowest BCUT2D eigenvalue weighted by Crippen LogP contribution is -2.43. The standard InChI is InChI=1S/C23H32N4O2/c1-4-23(13-8-9-14-23)21(28)26(2)16-17-27(3)22-24-15-12-20(25-22)29-18-19-10-6-5-7-11-19/h5-7,10-12,15H,4,8-9,13-14,16-18H2,1-3H3. The summed E-state index contributed by atoms with van der Waals surface area (Å²) in [7, 11) is 3.85. The normalized spacial score (nSPS) is 15.1. The minimum atomic E-state index is -0.144. The average molecular weight is 397 g/mol. The number of carbonyl (C=O) groups excluding carboxylic acids is 1. The zero-order valence-corrected chi connectivity index (χ0v) is 17.8. The van der Waals surface area contributed by atoms with Crippen molar-refractivity contribution in [1.82, 2.24) is 14.9 Å². The summed E-state index contributed by atoms with van der Waals surface area (Å²) >= 11 is 0. The Kier molecular flexibility index (Phi) is 7.07. The lowest BCUT2D eigenvalue weighted by atomic mass is 9.82. The highest BCUT2D eigenvalue weighted by molar-refractivity contribution is 5.82. The first-order valence-electron chi connectivity index (χ1n) is 10.5. The molecule has 1 aromatic carbocycles. The highest BCUT2D eigenvalue weighted by atomic mass is 16.5. The summed E-state index contributed by atoms with van der Waals surface area (Å²) < 4.78 is 5.80. The number of benzene rings is 1. The second-order valence-electron chi connectivity index (χ2n) is 7.96. The molecule has 1 aromatic heterocycles. The van der Waals surface area contributed by atoms with Crippen molar-refractivity contribution in [2.75, 3.05) is 32.1 Å². The monoisotopic (exact) mass is 396 g/mol. The lowest BCUT2D eigenvalue weighted by molar-refractivity contribution is -0.140. The van der Waals surface area contributed by atoms with Gasteiger partial charge in [-0.1, -0.05) is 50.1 Å². The summed E-state index contributed by atoms with van der Waals surface area (Å²) in [6.45, 7) is 3.93. The van der Waals surface area contributed by atoms with Crippen LogP contribution in [-0.2, 0) is 11.4 Å². The van der Waals surface area contributed by atoms with Crippen molar-refractivity contribution < 1.29 is 9.53 Å². The van der Waals surface area contributed by atoms with Crippen LogP contribution in [0.2, 0.25) is 0 Å². The molecule has 0 spiro atoms. The number of ether oxygens (including phenoxy) is 1. The third-order valence-corrected chi connectivity index (χ3v) is 6.00. The van der Waals surface area contributed by atoms with Crippen molar-refractivity contribution >= 4 is 11.9 Å². The molecule has 0 bridgehead atoms. The fraction of sp³-hybridized carbons (Fsp3) is 0.522. The van der Waals surface area contributed by atoms with Gasteiger partial charge in [-0.05, 0) is 24.8 Å². The molecular formula is C23H32N4O2. The molecule has 0 aliphatic heterocycles. The van der Waals surface area contributed by atoms with E-state index in [1.165, 1.54) is 0 Å². The molecule has 2 aromatic rings. The highest BCUT2D eigenvalue weighted by Gasteiger charge is 2.40. The summed E-state index contributed by atoms with van der Waals surface area (Å²) in [5.41, 5.74) is 0.951. The molecule has 0 atom stereocenters. The van der Waals surface area contributed by atoms with Crippen LogP contribution < -0.4 is 9.64 Å². The first-order valence-corrected chi connectivity index (χ1v) is 10.5. The molecule has 1 heterocycles. The summed E-state index contributed by atoms with van der Waals surface area (Å²) in [6, 6.07) is 11.8. The molecule has 0 unspecified atom stereocenters. The Morgan fingerprint density at radius 1 is 1.10 bits per heavy atom. The Morgan fingerprint density at radius 3 is 2.52 bits per heavy atom. The Hall–Kier alpha value is -2.63. The first-order chi connectivity index (χ1) is 14.0. The van der Waals surface area contributed by atoms with Gasteiger partial charge in [0.15, 0.2) is 0 Å². The number of carbonyl (C=O) groups is 1. The molecule has 6 nitrogen and oxygen atoms in total. The molecule has 29 heavy (non-hydrogen) atoms. The lowest BCUT2D eigenvalue weighted by Gasteiger charge is -2.32. The van der Waals surface area contributed by atoms with Crippen LogP contribution in [-0.4, -0.2) is 48.0 Å². The van der Waals surface area contributed by atoms with E-state index >= 15 is 0 Å². The topological polar surface area (TPSA) is 58.6 Å². The summed E-state index contributed by atoms with van der Waals surface area (Å²) in [4.78, 5) is 25.7. The van der Waals surface area contributed by atoms with Crippen LogP contribution in [0.15, 0.2) is 42.6 Å². The third kappa shape index (κ3) is 5.25. The second kappa shape index (κ2) is 9.72. The van der Waals surface area contributed by atoms with Gasteiger partial charge in [0, 0.05) is 44.9 Å². The van der Waals surface area contributed by atoms with E-state index in [0.717, 1.165) is 37.7 Å². The molecule has 156 valence electrons. The minimum absolute atomic E-state index is 0.144. The van der Waals surface area contributed by atoms with Gasteiger partial charge in [-0.3, -0.25) is 4.79 Å². The molecule has 0 radical (unpaired) electrons. The average Bonchev–Trinajstić information content (AvgIpc) is 3.26.